The van der Waals surface area contributed by atoms with Crippen molar-refractivity contribution >= 4 is 5.69 Å². The first-order valence-electron chi connectivity index (χ1n) is 7.58. The first-order chi connectivity index (χ1) is 11.0. The molecule has 1 aliphatic heterocycles. The smallest absolute Gasteiger partial charge is 0.378 e. The van der Waals surface area contributed by atoms with E-state index in [-0.39, 0.29) is 17.9 Å². The molecule has 2 nitrogen and oxygen atoms in total. The normalized spacial score (nSPS) is 25.6. The van der Waals surface area contributed by atoms with Crippen LogP contribution in [-0.4, -0.2) is 4.98 Å². The van der Waals surface area contributed by atoms with Crippen molar-refractivity contribution < 1.29 is 13.2 Å². The second-order valence-corrected chi connectivity index (χ2v) is 6.06. The summed E-state index contributed by atoms with van der Waals surface area (Å²) in [6, 6.07) is 7.93. The van der Waals surface area contributed by atoms with Crippen LogP contribution in [0.15, 0.2) is 54.9 Å². The zero-order chi connectivity index (χ0) is 16.0. The molecule has 0 spiro atoms. The summed E-state index contributed by atoms with van der Waals surface area (Å²) in [5, 5.41) is 3.42. The first kappa shape index (κ1) is 14.3. The molecule has 0 saturated carbocycles. The predicted molar refractivity (Wildman–Crippen MR) is 82.0 cm³/mol. The molecular formula is C18H15F3N2. The highest BCUT2D eigenvalue weighted by molar-refractivity contribution is 5.60. The number of rotatable bonds is 1. The van der Waals surface area contributed by atoms with Crippen LogP contribution in [0.1, 0.15) is 35.1 Å². The Hall–Kier alpha value is -2.30. The van der Waals surface area contributed by atoms with Gasteiger partial charge in [0.2, 0.25) is 0 Å². The molecule has 0 bridgehead atoms. The Bertz CT molecular complexity index is 753. The maximum absolute atomic E-state index is 13.0. The van der Waals surface area contributed by atoms with E-state index < -0.39 is 11.7 Å². The number of halogens is 3. The van der Waals surface area contributed by atoms with Crippen LogP contribution in [0.2, 0.25) is 0 Å². The molecule has 2 aliphatic rings. The van der Waals surface area contributed by atoms with E-state index in [0.717, 1.165) is 29.3 Å². The van der Waals surface area contributed by atoms with Crippen LogP contribution in [-0.2, 0) is 6.18 Å². The first-order valence-corrected chi connectivity index (χ1v) is 7.58. The summed E-state index contributed by atoms with van der Waals surface area (Å²) in [5.41, 5.74) is 1.99. The van der Waals surface area contributed by atoms with Crippen LogP contribution in [0.5, 0.6) is 0 Å². The molecule has 1 aliphatic carbocycles. The molecule has 3 atom stereocenters. The number of alkyl halides is 3. The third kappa shape index (κ3) is 2.40. The van der Waals surface area contributed by atoms with Crippen molar-refractivity contribution in [1.29, 1.82) is 0 Å². The van der Waals surface area contributed by atoms with Crippen molar-refractivity contribution in [2.24, 2.45) is 5.92 Å². The van der Waals surface area contributed by atoms with Gasteiger partial charge in [0.25, 0.3) is 0 Å². The van der Waals surface area contributed by atoms with Gasteiger partial charge in [0, 0.05) is 24.0 Å². The van der Waals surface area contributed by atoms with Crippen molar-refractivity contribution in [1.82, 2.24) is 4.98 Å². The van der Waals surface area contributed by atoms with Gasteiger partial charge in [-0.3, -0.25) is 4.98 Å². The Kier molecular flexibility index (Phi) is 3.18. The number of allylic oxidation sites excluding steroid dienone is 2. The molecule has 1 aromatic carbocycles. The Morgan fingerprint density at radius 3 is 2.78 bits per heavy atom. The highest BCUT2D eigenvalue weighted by Crippen LogP contribution is 2.50. The van der Waals surface area contributed by atoms with E-state index in [1.165, 1.54) is 6.07 Å². The fraction of sp³-hybridized carbons (Fsp3) is 0.278. The van der Waals surface area contributed by atoms with Gasteiger partial charge < -0.3 is 5.32 Å². The topological polar surface area (TPSA) is 24.9 Å². The van der Waals surface area contributed by atoms with E-state index in [4.69, 9.17) is 0 Å². The number of benzene rings is 1. The van der Waals surface area contributed by atoms with Gasteiger partial charge in [0.1, 0.15) is 0 Å². The average molecular weight is 316 g/mol. The van der Waals surface area contributed by atoms with Crippen LogP contribution in [0, 0.1) is 5.92 Å². The minimum atomic E-state index is -4.31. The van der Waals surface area contributed by atoms with E-state index in [1.807, 2.05) is 24.4 Å². The lowest BCUT2D eigenvalue weighted by Crippen LogP contribution is -2.29. The molecule has 1 N–H and O–H groups in total. The number of nitrogens with one attached hydrogen (secondary N) is 1. The molecule has 5 heteroatoms. The maximum atomic E-state index is 13.0. The summed E-state index contributed by atoms with van der Waals surface area (Å²) < 4.78 is 39.0. The molecular weight excluding hydrogens is 301 g/mol. The number of hydrogen-bond donors (Lipinski definition) is 1. The predicted octanol–water partition coefficient (Wildman–Crippen LogP) is 4.93. The molecule has 0 unspecified atom stereocenters. The summed E-state index contributed by atoms with van der Waals surface area (Å²) in [7, 11) is 0. The average Bonchev–Trinajstić information content (AvgIpc) is 3.03. The molecule has 0 radical (unpaired) electrons. The Morgan fingerprint density at radius 2 is 2.04 bits per heavy atom. The van der Waals surface area contributed by atoms with Crippen molar-refractivity contribution in [3.63, 3.8) is 0 Å². The van der Waals surface area contributed by atoms with Gasteiger partial charge in [0.05, 0.1) is 11.6 Å². The van der Waals surface area contributed by atoms with Crippen molar-refractivity contribution in [2.45, 2.75) is 24.6 Å². The lowest BCUT2D eigenvalue weighted by atomic mass is 9.77. The van der Waals surface area contributed by atoms with Gasteiger partial charge in [-0.15, -0.1) is 0 Å². The van der Waals surface area contributed by atoms with Gasteiger partial charge in [-0.25, -0.2) is 0 Å². The zero-order valence-corrected chi connectivity index (χ0v) is 12.2. The second-order valence-electron chi connectivity index (χ2n) is 6.06. The molecule has 4 rings (SSSR count). The molecule has 118 valence electrons. The number of pyridine rings is 1. The molecule has 1 aromatic heterocycles. The van der Waals surface area contributed by atoms with Gasteiger partial charge >= 0.3 is 6.18 Å². The molecule has 0 fully saturated rings. The number of anilines is 1. The van der Waals surface area contributed by atoms with E-state index in [9.17, 15) is 13.2 Å². The number of aromatic nitrogens is 1. The minimum Gasteiger partial charge on any atom is -0.378 e. The lowest BCUT2D eigenvalue weighted by Gasteiger charge is -2.37. The summed E-state index contributed by atoms with van der Waals surface area (Å²) in [4.78, 5) is 4.17. The third-order valence-corrected chi connectivity index (χ3v) is 4.73. The van der Waals surface area contributed by atoms with Crippen LogP contribution in [0.4, 0.5) is 18.9 Å². The Balaban J connectivity index is 1.78. The Labute approximate surface area is 132 Å². The maximum Gasteiger partial charge on any atom is 0.416 e. The number of hydrogen-bond acceptors (Lipinski definition) is 2. The van der Waals surface area contributed by atoms with E-state index in [0.29, 0.717) is 0 Å². The van der Waals surface area contributed by atoms with Gasteiger partial charge in [-0.2, -0.15) is 13.2 Å². The van der Waals surface area contributed by atoms with Crippen LogP contribution < -0.4 is 5.32 Å². The molecule has 0 amide bonds. The van der Waals surface area contributed by atoms with Crippen LogP contribution in [0.25, 0.3) is 0 Å². The SMILES string of the molecule is FC(F)(F)c1ccc2c(c1)[C@H]1C=CC[C@@H]1[C@H](c1cccnc1)N2. The van der Waals surface area contributed by atoms with E-state index >= 15 is 0 Å². The number of nitrogens with zero attached hydrogens (tertiary/aromatic N) is 1. The third-order valence-electron chi connectivity index (χ3n) is 4.73. The highest BCUT2D eigenvalue weighted by Gasteiger charge is 2.39. The van der Waals surface area contributed by atoms with E-state index in [1.54, 1.807) is 12.3 Å². The minimum absolute atomic E-state index is 0.0127. The Morgan fingerprint density at radius 1 is 1.17 bits per heavy atom. The summed E-state index contributed by atoms with van der Waals surface area (Å²) in [5.74, 6) is 0.230. The monoisotopic (exact) mass is 316 g/mol. The summed E-state index contributed by atoms with van der Waals surface area (Å²) >= 11 is 0. The largest absolute Gasteiger partial charge is 0.416 e. The summed E-state index contributed by atoms with van der Waals surface area (Å²) in [6.07, 6.45) is 4.19. The number of fused-ring (bicyclic) bond motifs is 3. The zero-order valence-electron chi connectivity index (χ0n) is 12.2. The fourth-order valence-electron chi connectivity index (χ4n) is 3.66. The molecule has 2 aromatic rings. The fourth-order valence-corrected chi connectivity index (χ4v) is 3.66. The summed E-state index contributed by atoms with van der Waals surface area (Å²) in [6.45, 7) is 0. The molecule has 23 heavy (non-hydrogen) atoms. The van der Waals surface area contributed by atoms with Crippen molar-refractivity contribution in [3.8, 4) is 0 Å². The molecule has 0 saturated heterocycles. The highest BCUT2D eigenvalue weighted by atomic mass is 19.4. The lowest BCUT2D eigenvalue weighted by molar-refractivity contribution is -0.137. The standard InChI is InChI=1S/C18H15F3N2/c19-18(20,21)12-6-7-16-15(9-12)13-4-1-5-14(13)17(23-16)11-3-2-8-22-10-11/h1-4,6-10,13-14,17,23H,5H2/t13-,14-,17-/m0/s1. The van der Waals surface area contributed by atoms with Crippen molar-refractivity contribution in [2.75, 3.05) is 5.32 Å². The van der Waals surface area contributed by atoms with Gasteiger partial charge in [0.15, 0.2) is 0 Å². The van der Waals surface area contributed by atoms with Crippen molar-refractivity contribution in [3.05, 3.63) is 71.6 Å². The van der Waals surface area contributed by atoms with Crippen LogP contribution >= 0.6 is 0 Å². The molecule has 2 heterocycles. The second kappa shape index (κ2) is 5.11. The quantitative estimate of drug-likeness (QED) is 0.755. The van der Waals surface area contributed by atoms with E-state index in [2.05, 4.69) is 16.4 Å². The van der Waals surface area contributed by atoms with Gasteiger partial charge in [-0.1, -0.05) is 18.2 Å². The van der Waals surface area contributed by atoms with Gasteiger partial charge in [-0.05, 0) is 47.7 Å². The van der Waals surface area contributed by atoms with Crippen LogP contribution in [0.3, 0.4) is 0 Å².